The summed E-state index contributed by atoms with van der Waals surface area (Å²) in [5, 5.41) is 8.85. The highest BCUT2D eigenvalue weighted by molar-refractivity contribution is 7.91. The molecule has 0 heterocycles. The van der Waals surface area contributed by atoms with Gasteiger partial charge in [0.25, 0.3) is 0 Å². The summed E-state index contributed by atoms with van der Waals surface area (Å²) in [6.45, 7) is 7.03. The largest absolute Gasteiger partial charge is 0.478 e. The molecule has 1 N–H and O–H groups in total. The van der Waals surface area contributed by atoms with E-state index in [1.807, 2.05) is 0 Å². The van der Waals surface area contributed by atoms with E-state index in [9.17, 15) is 26.4 Å². The van der Waals surface area contributed by atoms with Crippen LogP contribution in [0.15, 0.2) is 59.3 Å². The van der Waals surface area contributed by atoms with Crippen LogP contribution in [0.3, 0.4) is 0 Å². The molecule has 0 bridgehead atoms. The summed E-state index contributed by atoms with van der Waals surface area (Å²) >= 11 is 0. The highest BCUT2D eigenvalue weighted by atomic mass is 32.2. The van der Waals surface area contributed by atoms with Gasteiger partial charge in [-0.1, -0.05) is 37.4 Å². The minimum Gasteiger partial charge on any atom is -0.478 e. The van der Waals surface area contributed by atoms with Crippen LogP contribution in [0.2, 0.25) is 0 Å². The van der Waals surface area contributed by atoms with Gasteiger partial charge in [-0.3, -0.25) is 0 Å². The number of carbonyl (C=O) groups is 2. The van der Waals surface area contributed by atoms with E-state index in [2.05, 4.69) is 17.9 Å². The van der Waals surface area contributed by atoms with E-state index in [1.54, 1.807) is 6.07 Å². The SMILES string of the molecule is C=Cc1ccc(S(C)(=O)=O)c(C(=O)O)c1.C=Cc1ccc(S(C)(=O)=O)c(C(=O)OC)c1. The molecule has 0 saturated carbocycles. The number of hydrogen-bond acceptors (Lipinski definition) is 7. The van der Waals surface area contributed by atoms with E-state index in [1.165, 1.54) is 49.6 Å². The second-order valence-electron chi connectivity index (χ2n) is 6.26. The summed E-state index contributed by atoms with van der Waals surface area (Å²) < 4.78 is 50.0. The Labute approximate surface area is 181 Å². The first-order chi connectivity index (χ1) is 14.3. The number of carbonyl (C=O) groups excluding carboxylic acids is 1. The van der Waals surface area contributed by atoms with Crippen molar-refractivity contribution in [2.24, 2.45) is 0 Å². The lowest BCUT2D eigenvalue weighted by Gasteiger charge is -2.06. The maximum Gasteiger partial charge on any atom is 0.339 e. The first kappa shape index (κ1) is 25.8. The molecular formula is C21H22O8S2. The Morgan fingerprint density at radius 3 is 1.55 bits per heavy atom. The van der Waals surface area contributed by atoms with Crippen LogP contribution < -0.4 is 0 Å². The van der Waals surface area contributed by atoms with Crippen molar-refractivity contribution in [2.45, 2.75) is 9.79 Å². The third kappa shape index (κ3) is 6.90. The molecule has 0 aromatic heterocycles. The zero-order valence-corrected chi connectivity index (χ0v) is 18.8. The average molecular weight is 467 g/mol. The van der Waals surface area contributed by atoms with Crippen LogP contribution in [-0.2, 0) is 24.4 Å². The number of carboxylic acids is 1. The van der Waals surface area contributed by atoms with E-state index in [4.69, 9.17) is 5.11 Å². The normalized spacial score (nSPS) is 10.9. The fourth-order valence-electron chi connectivity index (χ4n) is 2.43. The maximum atomic E-state index is 11.4. The molecule has 0 radical (unpaired) electrons. The monoisotopic (exact) mass is 466 g/mol. The van der Waals surface area contributed by atoms with Crippen LogP contribution in [0.1, 0.15) is 31.8 Å². The predicted molar refractivity (Wildman–Crippen MR) is 118 cm³/mol. The van der Waals surface area contributed by atoms with Crippen LogP contribution in [0.25, 0.3) is 12.2 Å². The van der Waals surface area contributed by atoms with E-state index in [0.717, 1.165) is 12.5 Å². The van der Waals surface area contributed by atoms with Crippen LogP contribution in [0, 0.1) is 0 Å². The molecule has 0 unspecified atom stereocenters. The Morgan fingerprint density at radius 1 is 0.839 bits per heavy atom. The smallest absolute Gasteiger partial charge is 0.339 e. The van der Waals surface area contributed by atoms with Crippen molar-refractivity contribution >= 4 is 43.8 Å². The molecule has 0 aliphatic rings. The quantitative estimate of drug-likeness (QED) is 0.643. The number of hydrogen-bond donors (Lipinski definition) is 1. The predicted octanol–water partition coefficient (Wildman–Crippen LogP) is 2.95. The van der Waals surface area contributed by atoms with Crippen LogP contribution >= 0.6 is 0 Å². The summed E-state index contributed by atoms with van der Waals surface area (Å²) in [4.78, 5) is 22.0. The molecular weight excluding hydrogens is 444 g/mol. The standard InChI is InChI=1S/C11H12O4S.C10H10O4S/c1-4-8-5-6-10(16(3,13)14)9(7-8)11(12)15-2;1-3-7-4-5-9(15(2,13)14)8(6-7)10(11)12/h4-7H,1H2,2-3H3;3-6H,1H2,2H3,(H,11,12). The van der Waals surface area contributed by atoms with Crippen LogP contribution in [0.5, 0.6) is 0 Å². The van der Waals surface area contributed by atoms with Crippen molar-refractivity contribution in [3.05, 3.63) is 71.8 Å². The second kappa shape index (κ2) is 10.2. The Morgan fingerprint density at radius 2 is 1.23 bits per heavy atom. The van der Waals surface area contributed by atoms with Gasteiger partial charge in [-0.05, 0) is 35.4 Å². The van der Waals surface area contributed by atoms with Crippen LogP contribution in [0.4, 0.5) is 0 Å². The Kier molecular flexibility index (Phi) is 8.47. The molecule has 0 spiro atoms. The van der Waals surface area contributed by atoms with Gasteiger partial charge < -0.3 is 9.84 Å². The van der Waals surface area contributed by atoms with Gasteiger partial charge in [-0.15, -0.1) is 0 Å². The number of sulfone groups is 2. The molecule has 0 saturated heterocycles. The van der Waals surface area contributed by atoms with Gasteiger partial charge in [-0.25, -0.2) is 26.4 Å². The third-order valence-corrected chi connectivity index (χ3v) is 6.22. The Bertz CT molecular complexity index is 1240. The lowest BCUT2D eigenvalue weighted by molar-refractivity contribution is 0.0595. The topological polar surface area (TPSA) is 132 Å². The van der Waals surface area contributed by atoms with Gasteiger partial charge in [0.05, 0.1) is 28.0 Å². The van der Waals surface area contributed by atoms with Crippen molar-refractivity contribution in [2.75, 3.05) is 19.6 Å². The van der Waals surface area contributed by atoms with Gasteiger partial charge >= 0.3 is 11.9 Å². The summed E-state index contributed by atoms with van der Waals surface area (Å²) in [6.07, 6.45) is 5.00. The van der Waals surface area contributed by atoms with Crippen LogP contribution in [-0.4, -0.2) is 53.5 Å². The van der Waals surface area contributed by atoms with E-state index in [0.29, 0.717) is 11.1 Å². The highest BCUT2D eigenvalue weighted by Crippen LogP contribution is 2.19. The van der Waals surface area contributed by atoms with Crippen molar-refractivity contribution in [1.29, 1.82) is 0 Å². The van der Waals surface area contributed by atoms with Gasteiger partial charge in [-0.2, -0.15) is 0 Å². The summed E-state index contributed by atoms with van der Waals surface area (Å²) in [7, 11) is -5.76. The number of carboxylic acid groups (broad SMARTS) is 1. The van der Waals surface area contributed by atoms with Gasteiger partial charge in [0.2, 0.25) is 0 Å². The fraction of sp³-hybridized carbons (Fsp3) is 0.143. The maximum absolute atomic E-state index is 11.4. The lowest BCUT2D eigenvalue weighted by atomic mass is 10.1. The van der Waals surface area contributed by atoms with Crippen molar-refractivity contribution < 1.29 is 36.3 Å². The summed E-state index contributed by atoms with van der Waals surface area (Å²) in [5.41, 5.74) is 1.03. The number of rotatable bonds is 6. The number of esters is 1. The number of methoxy groups -OCH3 is 1. The van der Waals surface area contributed by atoms with Gasteiger partial charge in [0, 0.05) is 12.5 Å². The minimum atomic E-state index is -3.52. The number of benzene rings is 2. The highest BCUT2D eigenvalue weighted by Gasteiger charge is 2.19. The van der Waals surface area contributed by atoms with Gasteiger partial charge in [0.15, 0.2) is 19.7 Å². The number of ether oxygens (including phenoxy) is 1. The Hall–Kier alpha value is -3.24. The van der Waals surface area contributed by atoms with Gasteiger partial charge in [0.1, 0.15) is 0 Å². The molecule has 166 valence electrons. The lowest BCUT2D eigenvalue weighted by Crippen LogP contribution is -2.09. The van der Waals surface area contributed by atoms with Crippen molar-refractivity contribution in [1.82, 2.24) is 0 Å². The fourth-order valence-corrected chi connectivity index (χ4v) is 4.15. The summed E-state index contributed by atoms with van der Waals surface area (Å²) in [6, 6.07) is 8.46. The second-order valence-corrected chi connectivity index (χ2v) is 10.2. The molecule has 0 aliphatic carbocycles. The first-order valence-electron chi connectivity index (χ1n) is 8.51. The molecule has 2 rings (SSSR count). The zero-order valence-electron chi connectivity index (χ0n) is 17.2. The van der Waals surface area contributed by atoms with Crippen molar-refractivity contribution in [3.8, 4) is 0 Å². The van der Waals surface area contributed by atoms with E-state index >= 15 is 0 Å². The number of aromatic carboxylic acids is 1. The molecule has 31 heavy (non-hydrogen) atoms. The third-order valence-electron chi connectivity index (χ3n) is 3.91. The molecule has 0 atom stereocenters. The summed E-state index contributed by atoms with van der Waals surface area (Å²) in [5.74, 6) is -1.94. The molecule has 0 amide bonds. The molecule has 2 aromatic carbocycles. The van der Waals surface area contributed by atoms with E-state index in [-0.39, 0.29) is 20.9 Å². The average Bonchev–Trinajstić information content (AvgIpc) is 2.71. The first-order valence-corrected chi connectivity index (χ1v) is 12.3. The minimum absolute atomic E-state index is 0.0300. The van der Waals surface area contributed by atoms with E-state index < -0.39 is 31.6 Å². The molecule has 8 nitrogen and oxygen atoms in total. The molecule has 0 fully saturated rings. The zero-order chi connectivity index (χ0) is 24.0. The molecule has 2 aromatic rings. The Balaban J connectivity index is 0.000000311. The van der Waals surface area contributed by atoms with Crippen molar-refractivity contribution in [3.63, 3.8) is 0 Å². The molecule has 10 heteroatoms. The molecule has 0 aliphatic heterocycles.